The van der Waals surface area contributed by atoms with Gasteiger partial charge in [-0.25, -0.2) is 0 Å². The van der Waals surface area contributed by atoms with Crippen LogP contribution in [0.15, 0.2) is 12.4 Å². The van der Waals surface area contributed by atoms with Crippen molar-refractivity contribution in [3.63, 3.8) is 0 Å². The number of hydrogen-bond donors (Lipinski definition) is 1. The van der Waals surface area contributed by atoms with E-state index in [4.69, 9.17) is 5.26 Å². The van der Waals surface area contributed by atoms with Crippen LogP contribution in [-0.4, -0.2) is 26.3 Å². The first-order valence-corrected chi connectivity index (χ1v) is 12.5. The first-order chi connectivity index (χ1) is 14.8. The Kier molecular flexibility index (Phi) is 4.30. The van der Waals surface area contributed by atoms with Crippen molar-refractivity contribution in [2.45, 2.75) is 77.4 Å². The van der Waals surface area contributed by atoms with Gasteiger partial charge in [0.05, 0.1) is 23.9 Å². The third-order valence-corrected chi connectivity index (χ3v) is 10.5. The molecule has 1 heterocycles. The predicted molar refractivity (Wildman–Crippen MR) is 116 cm³/mol. The van der Waals surface area contributed by atoms with Gasteiger partial charge in [0.25, 0.3) is 0 Å². The first kappa shape index (κ1) is 20.0. The van der Waals surface area contributed by atoms with Crippen molar-refractivity contribution in [3.05, 3.63) is 18.0 Å². The lowest BCUT2D eigenvalue weighted by atomic mass is 9.48. The van der Waals surface area contributed by atoms with E-state index in [1.54, 1.807) is 17.1 Å². The highest BCUT2D eigenvalue weighted by molar-refractivity contribution is 5.83. The fourth-order valence-electron chi connectivity index (χ4n) is 9.42. The van der Waals surface area contributed by atoms with E-state index < -0.39 is 5.60 Å². The van der Waals surface area contributed by atoms with Crippen molar-refractivity contribution in [1.29, 1.82) is 5.26 Å². The van der Waals surface area contributed by atoms with Gasteiger partial charge in [0.15, 0.2) is 5.78 Å². The Bertz CT molecular complexity index is 945. The summed E-state index contributed by atoms with van der Waals surface area (Å²) in [5.41, 5.74) is 0.210. The Balaban J connectivity index is 1.22. The Morgan fingerprint density at radius 1 is 1.16 bits per heavy atom. The molecule has 0 bridgehead atoms. The van der Waals surface area contributed by atoms with Crippen LogP contribution in [0, 0.1) is 64.1 Å². The zero-order chi connectivity index (χ0) is 21.5. The van der Waals surface area contributed by atoms with Crippen LogP contribution in [0.25, 0.3) is 0 Å². The van der Waals surface area contributed by atoms with Gasteiger partial charge in [-0.1, -0.05) is 6.92 Å². The molecule has 0 aliphatic heterocycles. The van der Waals surface area contributed by atoms with E-state index in [-0.39, 0.29) is 11.3 Å². The highest BCUT2D eigenvalue weighted by Crippen LogP contribution is 2.74. The zero-order valence-electron chi connectivity index (χ0n) is 18.8. The van der Waals surface area contributed by atoms with Gasteiger partial charge in [0.1, 0.15) is 6.07 Å². The summed E-state index contributed by atoms with van der Waals surface area (Å²) in [5.74, 6) is 5.65. The minimum atomic E-state index is -0.457. The minimum Gasteiger partial charge on any atom is -0.390 e. The van der Waals surface area contributed by atoms with Gasteiger partial charge < -0.3 is 5.11 Å². The summed E-state index contributed by atoms with van der Waals surface area (Å²) in [7, 11) is 0. The lowest BCUT2D eigenvalue weighted by Gasteiger charge is -2.57. The Morgan fingerprint density at radius 2 is 1.97 bits per heavy atom. The number of nitriles is 1. The number of ketones is 1. The maximum atomic E-state index is 13.5. The molecule has 0 spiro atoms. The van der Waals surface area contributed by atoms with Gasteiger partial charge in [-0.2, -0.15) is 10.4 Å². The maximum Gasteiger partial charge on any atom is 0.158 e. The van der Waals surface area contributed by atoms with Gasteiger partial charge in [0.2, 0.25) is 0 Å². The summed E-state index contributed by atoms with van der Waals surface area (Å²) in [6.45, 7) is 4.78. The third kappa shape index (κ3) is 2.97. The SMILES string of the molecule is C[C@@]1(O)CC[C@@H]2C3CC[C@@]4(C)C([C@@H]3CC[C@@H]2C1)[C@@H]1C[C@@H]1[C@@H]4C(=O)Cn1cc(C#N)cn1. The third-order valence-electron chi connectivity index (χ3n) is 10.5. The maximum absolute atomic E-state index is 13.5. The average Bonchev–Trinajstić information content (AvgIpc) is 3.23. The van der Waals surface area contributed by atoms with Gasteiger partial charge >= 0.3 is 0 Å². The molecular formula is C26H35N3O2. The molecule has 5 nitrogen and oxygen atoms in total. The van der Waals surface area contributed by atoms with Gasteiger partial charge in [0, 0.05) is 12.1 Å². The number of Topliss-reactive ketones (excluding diaryl/α,β-unsaturated/α-hetero) is 1. The number of carbonyl (C=O) groups is 1. The number of rotatable bonds is 3. The second-order valence-corrected chi connectivity index (χ2v) is 12.2. The summed E-state index contributed by atoms with van der Waals surface area (Å²) in [6.07, 6.45) is 12.7. The summed E-state index contributed by atoms with van der Waals surface area (Å²) >= 11 is 0. The van der Waals surface area contributed by atoms with Crippen molar-refractivity contribution >= 4 is 5.78 Å². The predicted octanol–water partition coefficient (Wildman–Crippen LogP) is 4.20. The number of aliphatic hydroxyl groups is 1. The van der Waals surface area contributed by atoms with Crippen LogP contribution in [0.4, 0.5) is 0 Å². The normalized spacial score (nSPS) is 49.9. The summed E-state index contributed by atoms with van der Waals surface area (Å²) in [6, 6.07) is 2.11. The summed E-state index contributed by atoms with van der Waals surface area (Å²) in [5, 5.41) is 23.9. The number of aromatic nitrogens is 2. The van der Waals surface area contributed by atoms with Crippen molar-refractivity contribution in [2.75, 3.05) is 0 Å². The van der Waals surface area contributed by atoms with Crippen LogP contribution in [0.3, 0.4) is 0 Å². The number of fused-ring (bicyclic) bond motifs is 7. The molecule has 166 valence electrons. The van der Waals surface area contributed by atoms with Crippen molar-refractivity contribution in [2.24, 2.45) is 52.8 Å². The van der Waals surface area contributed by atoms with E-state index in [0.29, 0.717) is 35.6 Å². The molecule has 0 radical (unpaired) electrons. The topological polar surface area (TPSA) is 78.9 Å². The standard InChI is InChI=1S/C26H35N3O2/c1-25(31)7-5-17-16(10-25)3-4-19-18(17)6-8-26(2)23(19)20-9-21(20)24(26)22(30)14-29-13-15(11-27)12-28-29/h12-13,16-21,23-24,31H,3-10,14H2,1-2H3/t16-,17+,18?,19-,20-,21+,23?,24-,25-,26+/m1/s1. The number of hydrogen-bond acceptors (Lipinski definition) is 4. The van der Waals surface area contributed by atoms with Crippen LogP contribution in [0.2, 0.25) is 0 Å². The van der Waals surface area contributed by atoms with Crippen LogP contribution < -0.4 is 0 Å². The van der Waals surface area contributed by atoms with Crippen molar-refractivity contribution in [3.8, 4) is 6.07 Å². The van der Waals surface area contributed by atoms with Crippen molar-refractivity contribution < 1.29 is 9.90 Å². The molecule has 0 aromatic carbocycles. The number of carbonyl (C=O) groups excluding carboxylic acids is 1. The molecule has 31 heavy (non-hydrogen) atoms. The molecule has 5 saturated carbocycles. The molecule has 5 heteroatoms. The molecular weight excluding hydrogens is 386 g/mol. The molecule has 6 rings (SSSR count). The van der Waals surface area contributed by atoms with Crippen molar-refractivity contribution in [1.82, 2.24) is 9.78 Å². The first-order valence-electron chi connectivity index (χ1n) is 12.5. The average molecular weight is 422 g/mol. The lowest BCUT2D eigenvalue weighted by Crippen LogP contribution is -2.52. The molecule has 5 aliphatic rings. The van der Waals surface area contributed by atoms with E-state index in [0.717, 1.165) is 36.5 Å². The van der Waals surface area contributed by atoms with E-state index >= 15 is 0 Å². The molecule has 1 N–H and O–H groups in total. The highest BCUT2D eigenvalue weighted by atomic mass is 16.3. The van der Waals surface area contributed by atoms with Gasteiger partial charge in [-0.15, -0.1) is 0 Å². The van der Waals surface area contributed by atoms with E-state index in [9.17, 15) is 9.90 Å². The highest BCUT2D eigenvalue weighted by Gasteiger charge is 2.70. The minimum absolute atomic E-state index is 0.143. The van der Waals surface area contributed by atoms with Gasteiger partial charge in [-0.3, -0.25) is 9.48 Å². The monoisotopic (exact) mass is 421 g/mol. The molecule has 2 unspecified atom stereocenters. The second kappa shape index (κ2) is 6.67. The summed E-state index contributed by atoms with van der Waals surface area (Å²) in [4.78, 5) is 13.5. The largest absolute Gasteiger partial charge is 0.390 e. The van der Waals surface area contributed by atoms with Crippen LogP contribution in [0.1, 0.15) is 70.8 Å². The van der Waals surface area contributed by atoms with Crippen LogP contribution in [-0.2, 0) is 11.3 Å². The van der Waals surface area contributed by atoms with E-state index in [2.05, 4.69) is 18.1 Å². The molecule has 1 aromatic rings. The van der Waals surface area contributed by atoms with Gasteiger partial charge in [-0.05, 0) is 105 Å². The Morgan fingerprint density at radius 3 is 2.74 bits per heavy atom. The zero-order valence-corrected chi connectivity index (χ0v) is 18.8. The second-order valence-electron chi connectivity index (χ2n) is 12.2. The molecule has 0 saturated heterocycles. The fourth-order valence-corrected chi connectivity index (χ4v) is 9.42. The van der Waals surface area contributed by atoms with E-state index in [1.807, 2.05) is 6.92 Å². The molecule has 5 fully saturated rings. The quantitative estimate of drug-likeness (QED) is 0.793. The summed E-state index contributed by atoms with van der Waals surface area (Å²) < 4.78 is 1.67. The smallest absolute Gasteiger partial charge is 0.158 e. The molecule has 0 amide bonds. The molecule has 1 aromatic heterocycles. The van der Waals surface area contributed by atoms with Crippen LogP contribution in [0.5, 0.6) is 0 Å². The fraction of sp³-hybridized carbons (Fsp3) is 0.808. The Hall–Kier alpha value is -1.67. The lowest BCUT2D eigenvalue weighted by molar-refractivity contribution is -0.136. The van der Waals surface area contributed by atoms with Crippen LogP contribution >= 0.6 is 0 Å². The number of nitrogens with zero attached hydrogens (tertiary/aromatic N) is 3. The Labute approximate surface area is 185 Å². The molecule has 10 atom stereocenters. The van der Waals surface area contributed by atoms with E-state index in [1.165, 1.54) is 38.5 Å². The molecule has 5 aliphatic carbocycles.